The predicted molar refractivity (Wildman–Crippen MR) is 117 cm³/mol. The Balaban J connectivity index is 1.55. The maximum Gasteiger partial charge on any atom is 0.217 e. The third kappa shape index (κ3) is 4.58. The summed E-state index contributed by atoms with van der Waals surface area (Å²) in [5.41, 5.74) is 4.15. The number of tetrazole rings is 1. The lowest BCUT2D eigenvalue weighted by atomic mass is 9.98. The number of aromatic amines is 1. The van der Waals surface area contributed by atoms with E-state index in [0.717, 1.165) is 47.3 Å². The van der Waals surface area contributed by atoms with Crippen LogP contribution in [0, 0.1) is 0 Å². The number of hydrogen-bond donors (Lipinski definition) is 1. The van der Waals surface area contributed by atoms with Gasteiger partial charge in [0.2, 0.25) is 11.6 Å². The Labute approximate surface area is 180 Å². The monoisotopic (exact) mass is 415 g/mol. The highest BCUT2D eigenvalue weighted by molar-refractivity contribution is 5.92. The average molecular weight is 416 g/mol. The largest absolute Gasteiger partial charge is 0.291 e. The zero-order valence-corrected chi connectivity index (χ0v) is 17.7. The molecule has 2 aromatic heterocycles. The molecule has 1 N–H and O–H groups in total. The van der Waals surface area contributed by atoms with Crippen LogP contribution in [0.3, 0.4) is 0 Å². The Morgan fingerprint density at radius 3 is 2.48 bits per heavy atom. The molecule has 0 aliphatic heterocycles. The number of nitrogens with one attached hydrogen (secondary N) is 1. The molecule has 0 saturated heterocycles. The van der Waals surface area contributed by atoms with Gasteiger partial charge in [-0.05, 0) is 33.5 Å². The Hall–Kier alpha value is -3.68. The van der Waals surface area contributed by atoms with E-state index < -0.39 is 0 Å². The first-order valence-corrected chi connectivity index (χ1v) is 10.6. The van der Waals surface area contributed by atoms with Crippen LogP contribution in [0.15, 0.2) is 48.5 Å². The second-order valence-corrected chi connectivity index (χ2v) is 7.38. The molecule has 0 bridgehead atoms. The lowest BCUT2D eigenvalue weighted by Gasteiger charge is -2.09. The molecule has 8 nitrogen and oxygen atoms in total. The standard InChI is InChI=1S/C23H25N7O/c1-3-5-10-20(31)23-24-21(4-2)30(27-23)15-16-11-13-17(14-12-16)18-8-6-7-9-19(18)22-25-28-29-26-22/h6-9,11-14H,3-5,10,15H2,1-2H3,(H,25,26,28,29). The van der Waals surface area contributed by atoms with Crippen LogP contribution < -0.4 is 0 Å². The number of rotatable bonds is 9. The lowest BCUT2D eigenvalue weighted by molar-refractivity contribution is 0.0969. The van der Waals surface area contributed by atoms with E-state index in [1.165, 1.54) is 0 Å². The highest BCUT2D eigenvalue weighted by Gasteiger charge is 2.15. The highest BCUT2D eigenvalue weighted by Crippen LogP contribution is 2.29. The number of nitrogens with zero attached hydrogens (tertiary/aromatic N) is 6. The smallest absolute Gasteiger partial charge is 0.217 e. The van der Waals surface area contributed by atoms with Crippen molar-refractivity contribution in [1.29, 1.82) is 0 Å². The van der Waals surface area contributed by atoms with Crippen molar-refractivity contribution < 1.29 is 4.79 Å². The number of carbonyl (C=O) groups is 1. The van der Waals surface area contributed by atoms with Gasteiger partial charge in [-0.2, -0.15) is 0 Å². The third-order valence-electron chi connectivity index (χ3n) is 5.20. The summed E-state index contributed by atoms with van der Waals surface area (Å²) in [6.07, 6.45) is 3.07. The van der Waals surface area contributed by atoms with Gasteiger partial charge >= 0.3 is 0 Å². The summed E-state index contributed by atoms with van der Waals surface area (Å²) in [6.45, 7) is 4.67. The molecular formula is C23H25N7O. The van der Waals surface area contributed by atoms with Gasteiger partial charge in [0.1, 0.15) is 5.82 Å². The van der Waals surface area contributed by atoms with Crippen LogP contribution >= 0.6 is 0 Å². The fraction of sp³-hybridized carbons (Fsp3) is 0.304. The fourth-order valence-electron chi connectivity index (χ4n) is 3.51. The van der Waals surface area contributed by atoms with Crippen molar-refractivity contribution in [3.05, 3.63) is 65.7 Å². The fourth-order valence-corrected chi connectivity index (χ4v) is 3.51. The number of carbonyl (C=O) groups excluding carboxylic acids is 1. The van der Waals surface area contributed by atoms with E-state index in [4.69, 9.17) is 0 Å². The Morgan fingerprint density at radius 2 is 1.81 bits per heavy atom. The van der Waals surface area contributed by atoms with Crippen molar-refractivity contribution in [3.63, 3.8) is 0 Å². The van der Waals surface area contributed by atoms with Crippen LogP contribution in [-0.4, -0.2) is 41.2 Å². The second-order valence-electron chi connectivity index (χ2n) is 7.38. The molecule has 0 aliphatic rings. The average Bonchev–Trinajstić information content (AvgIpc) is 3.48. The first-order chi connectivity index (χ1) is 15.2. The first-order valence-electron chi connectivity index (χ1n) is 10.6. The zero-order chi connectivity index (χ0) is 21.6. The van der Waals surface area contributed by atoms with Gasteiger partial charge in [-0.1, -0.05) is 68.8 Å². The molecule has 0 radical (unpaired) electrons. The molecule has 0 saturated carbocycles. The molecule has 4 rings (SSSR count). The number of Topliss-reactive ketones (excluding diaryl/α,β-unsaturated/α-hetero) is 1. The van der Waals surface area contributed by atoms with Crippen molar-refractivity contribution in [3.8, 4) is 22.5 Å². The van der Waals surface area contributed by atoms with E-state index in [-0.39, 0.29) is 5.78 Å². The number of benzene rings is 2. The minimum atomic E-state index is 0.0177. The maximum atomic E-state index is 12.3. The predicted octanol–water partition coefficient (Wildman–Crippen LogP) is 4.11. The molecule has 0 amide bonds. The second kappa shape index (κ2) is 9.42. The molecule has 2 aromatic carbocycles. The van der Waals surface area contributed by atoms with Gasteiger partial charge in [0.25, 0.3) is 0 Å². The van der Waals surface area contributed by atoms with Gasteiger partial charge in [0.05, 0.1) is 6.54 Å². The van der Waals surface area contributed by atoms with Crippen LogP contribution in [-0.2, 0) is 13.0 Å². The van der Waals surface area contributed by atoms with Crippen molar-refractivity contribution in [2.45, 2.75) is 46.1 Å². The summed E-state index contributed by atoms with van der Waals surface area (Å²) >= 11 is 0. The summed E-state index contributed by atoms with van der Waals surface area (Å²) in [7, 11) is 0. The summed E-state index contributed by atoms with van der Waals surface area (Å²) in [4.78, 5) is 16.8. The van der Waals surface area contributed by atoms with Gasteiger partial charge in [-0.3, -0.25) is 4.79 Å². The molecule has 158 valence electrons. The minimum Gasteiger partial charge on any atom is -0.291 e. The minimum absolute atomic E-state index is 0.0177. The van der Waals surface area contributed by atoms with Gasteiger partial charge < -0.3 is 0 Å². The molecule has 0 unspecified atom stereocenters. The van der Waals surface area contributed by atoms with E-state index in [1.807, 2.05) is 35.9 Å². The SMILES string of the molecule is CCCCC(=O)c1nc(CC)n(Cc2ccc(-c3ccccc3-c3nnn[nH]3)cc2)n1. The summed E-state index contributed by atoms with van der Waals surface area (Å²) < 4.78 is 1.84. The Kier molecular flexibility index (Phi) is 6.26. The number of unbranched alkanes of at least 4 members (excludes halogenated alkanes) is 1. The molecule has 8 heteroatoms. The van der Waals surface area contributed by atoms with Gasteiger partial charge in [0.15, 0.2) is 5.82 Å². The lowest BCUT2D eigenvalue weighted by Crippen LogP contribution is -2.07. The molecule has 0 atom stereocenters. The quantitative estimate of drug-likeness (QED) is 0.413. The Bertz CT molecular complexity index is 1150. The molecule has 0 aliphatic carbocycles. The maximum absolute atomic E-state index is 12.3. The third-order valence-corrected chi connectivity index (χ3v) is 5.20. The van der Waals surface area contributed by atoms with Crippen LogP contribution in [0.2, 0.25) is 0 Å². The molecular weight excluding hydrogens is 390 g/mol. The topological polar surface area (TPSA) is 102 Å². The highest BCUT2D eigenvalue weighted by atomic mass is 16.1. The van der Waals surface area contributed by atoms with Gasteiger partial charge in [-0.25, -0.2) is 14.8 Å². The van der Waals surface area contributed by atoms with Crippen molar-refractivity contribution in [1.82, 2.24) is 35.4 Å². The summed E-state index contributed by atoms with van der Waals surface area (Å²) in [6, 6.07) is 16.3. The summed E-state index contributed by atoms with van der Waals surface area (Å²) in [5.74, 6) is 1.81. The Morgan fingerprint density at radius 1 is 1.03 bits per heavy atom. The zero-order valence-electron chi connectivity index (χ0n) is 17.7. The van der Waals surface area contributed by atoms with E-state index in [9.17, 15) is 4.79 Å². The van der Waals surface area contributed by atoms with E-state index >= 15 is 0 Å². The summed E-state index contributed by atoms with van der Waals surface area (Å²) in [5, 5.41) is 18.7. The van der Waals surface area contributed by atoms with Crippen molar-refractivity contribution in [2.75, 3.05) is 0 Å². The number of aromatic nitrogens is 7. The van der Waals surface area contributed by atoms with Crippen LogP contribution in [0.1, 0.15) is 55.1 Å². The van der Waals surface area contributed by atoms with E-state index in [2.05, 4.69) is 61.9 Å². The number of hydrogen-bond acceptors (Lipinski definition) is 6. The van der Waals surface area contributed by atoms with Crippen molar-refractivity contribution >= 4 is 5.78 Å². The number of aryl methyl sites for hydroxylation is 1. The van der Waals surface area contributed by atoms with Crippen LogP contribution in [0.5, 0.6) is 0 Å². The molecule has 0 fully saturated rings. The van der Waals surface area contributed by atoms with Gasteiger partial charge in [-0.15, -0.1) is 10.2 Å². The molecule has 0 spiro atoms. The normalized spacial score (nSPS) is 11.0. The van der Waals surface area contributed by atoms with Crippen LogP contribution in [0.25, 0.3) is 22.5 Å². The van der Waals surface area contributed by atoms with E-state index in [1.54, 1.807) is 0 Å². The number of ketones is 1. The molecule has 31 heavy (non-hydrogen) atoms. The van der Waals surface area contributed by atoms with Gasteiger partial charge in [0, 0.05) is 18.4 Å². The van der Waals surface area contributed by atoms with E-state index in [0.29, 0.717) is 24.6 Å². The molecule has 2 heterocycles. The number of H-pyrrole nitrogens is 1. The first kappa shape index (κ1) is 20.6. The van der Waals surface area contributed by atoms with Crippen molar-refractivity contribution in [2.24, 2.45) is 0 Å². The van der Waals surface area contributed by atoms with Crippen LogP contribution in [0.4, 0.5) is 0 Å². The molecule has 4 aromatic rings.